The summed E-state index contributed by atoms with van der Waals surface area (Å²) in [6.45, 7) is 1.05. The quantitative estimate of drug-likeness (QED) is 0.695. The Kier molecular flexibility index (Phi) is 5.93. The van der Waals surface area contributed by atoms with Crippen LogP contribution in [0.15, 0.2) is 23.0 Å². The molecule has 0 spiro atoms. The lowest BCUT2D eigenvalue weighted by molar-refractivity contribution is 0.210. The van der Waals surface area contributed by atoms with Gasteiger partial charge in [0.25, 0.3) is 5.56 Å². The Bertz CT molecular complexity index is 702. The van der Waals surface area contributed by atoms with E-state index < -0.39 is 0 Å². The van der Waals surface area contributed by atoms with Gasteiger partial charge >= 0.3 is 0 Å². The average molecular weight is 320 g/mol. The highest BCUT2D eigenvalue weighted by Gasteiger charge is 2.09. The van der Waals surface area contributed by atoms with Crippen LogP contribution in [0.4, 0.5) is 5.95 Å². The number of benzene rings is 1. The summed E-state index contributed by atoms with van der Waals surface area (Å²) in [7, 11) is 4.74. The summed E-state index contributed by atoms with van der Waals surface area (Å²) < 4.78 is 15.4. The van der Waals surface area contributed by atoms with Gasteiger partial charge in [-0.05, 0) is 17.7 Å². The van der Waals surface area contributed by atoms with E-state index in [2.05, 4.69) is 20.5 Å². The number of hydrogen-bond donors (Lipinski definition) is 2. The van der Waals surface area contributed by atoms with E-state index in [0.29, 0.717) is 42.7 Å². The Morgan fingerprint density at radius 3 is 2.57 bits per heavy atom. The molecule has 0 fully saturated rings. The summed E-state index contributed by atoms with van der Waals surface area (Å²) in [5.74, 6) is 1.56. The fraction of sp³-hybridized carbons (Fsp3) is 0.400. The van der Waals surface area contributed by atoms with Crippen molar-refractivity contribution >= 4 is 5.95 Å². The fourth-order valence-corrected chi connectivity index (χ4v) is 2.01. The molecule has 0 saturated heterocycles. The molecule has 2 N–H and O–H groups in total. The zero-order chi connectivity index (χ0) is 16.7. The van der Waals surface area contributed by atoms with Crippen molar-refractivity contribution in [2.45, 2.75) is 6.42 Å². The molecule has 0 unspecified atom stereocenters. The lowest BCUT2D eigenvalue weighted by atomic mass is 10.1. The Hall–Kier alpha value is -2.61. The van der Waals surface area contributed by atoms with Gasteiger partial charge in [-0.25, -0.2) is 0 Å². The van der Waals surface area contributed by atoms with Crippen LogP contribution in [0.25, 0.3) is 0 Å². The van der Waals surface area contributed by atoms with Crippen LogP contribution in [0.1, 0.15) is 11.3 Å². The van der Waals surface area contributed by atoms with Crippen LogP contribution in [0.3, 0.4) is 0 Å². The highest BCUT2D eigenvalue weighted by Crippen LogP contribution is 2.27. The first-order chi connectivity index (χ1) is 11.2. The van der Waals surface area contributed by atoms with Crippen molar-refractivity contribution in [3.63, 3.8) is 0 Å². The molecular weight excluding hydrogens is 300 g/mol. The zero-order valence-corrected chi connectivity index (χ0v) is 13.4. The maximum atomic E-state index is 12.1. The van der Waals surface area contributed by atoms with E-state index >= 15 is 0 Å². The molecule has 0 atom stereocenters. The molecule has 2 rings (SSSR count). The minimum Gasteiger partial charge on any atom is -0.493 e. The van der Waals surface area contributed by atoms with Gasteiger partial charge in [0.05, 0.1) is 20.8 Å². The molecule has 1 aromatic heterocycles. The molecule has 0 bridgehead atoms. The van der Waals surface area contributed by atoms with Gasteiger partial charge in [0, 0.05) is 20.1 Å². The maximum absolute atomic E-state index is 12.1. The Balaban J connectivity index is 2.12. The lowest BCUT2D eigenvalue weighted by Gasteiger charge is -2.09. The molecule has 0 saturated carbocycles. The Morgan fingerprint density at radius 2 is 1.91 bits per heavy atom. The van der Waals surface area contributed by atoms with Crippen LogP contribution in [-0.4, -0.2) is 49.7 Å². The molecule has 124 valence electrons. The van der Waals surface area contributed by atoms with Gasteiger partial charge in [-0.1, -0.05) is 6.07 Å². The smallest absolute Gasteiger partial charge is 0.274 e. The van der Waals surface area contributed by atoms with E-state index in [-0.39, 0.29) is 5.56 Å². The largest absolute Gasteiger partial charge is 0.493 e. The number of methoxy groups -OCH3 is 3. The molecule has 0 aliphatic carbocycles. The van der Waals surface area contributed by atoms with Crippen LogP contribution < -0.4 is 20.3 Å². The molecule has 1 heterocycles. The number of aromatic nitrogens is 3. The standard InChI is InChI=1S/C15H20N4O4/c1-21-7-6-16-15-17-14(20)11(18-19-15)8-10-4-5-12(22-2)13(9-10)23-3/h4-5,9H,6-8H2,1-3H3,(H2,16,17,19,20). The molecule has 1 aromatic carbocycles. The van der Waals surface area contributed by atoms with Gasteiger partial charge in [0.2, 0.25) is 5.95 Å². The molecule has 0 aliphatic heterocycles. The first-order valence-electron chi connectivity index (χ1n) is 7.07. The second-order valence-corrected chi connectivity index (χ2v) is 4.74. The van der Waals surface area contributed by atoms with Crippen molar-refractivity contribution in [2.75, 3.05) is 39.8 Å². The van der Waals surface area contributed by atoms with E-state index in [1.807, 2.05) is 12.1 Å². The number of nitrogens with one attached hydrogen (secondary N) is 2. The number of hydrogen-bond acceptors (Lipinski definition) is 7. The van der Waals surface area contributed by atoms with E-state index in [4.69, 9.17) is 14.2 Å². The van der Waals surface area contributed by atoms with Gasteiger partial charge in [0.15, 0.2) is 11.5 Å². The summed E-state index contributed by atoms with van der Waals surface area (Å²) in [6, 6.07) is 5.45. The highest BCUT2D eigenvalue weighted by molar-refractivity contribution is 5.43. The minimum atomic E-state index is -0.283. The second kappa shape index (κ2) is 8.14. The Labute approximate surface area is 133 Å². The predicted molar refractivity (Wildman–Crippen MR) is 85.4 cm³/mol. The molecule has 2 aromatic rings. The summed E-state index contributed by atoms with van der Waals surface area (Å²) in [4.78, 5) is 14.7. The zero-order valence-electron chi connectivity index (χ0n) is 13.4. The van der Waals surface area contributed by atoms with Crippen molar-refractivity contribution in [2.24, 2.45) is 0 Å². The third-order valence-corrected chi connectivity index (χ3v) is 3.18. The molecule has 0 aliphatic rings. The van der Waals surface area contributed by atoms with E-state index in [1.54, 1.807) is 27.4 Å². The van der Waals surface area contributed by atoms with Crippen LogP contribution in [0.5, 0.6) is 11.5 Å². The van der Waals surface area contributed by atoms with Crippen LogP contribution in [0, 0.1) is 0 Å². The second-order valence-electron chi connectivity index (χ2n) is 4.74. The van der Waals surface area contributed by atoms with Gasteiger partial charge in [-0.15, -0.1) is 10.2 Å². The van der Waals surface area contributed by atoms with E-state index in [9.17, 15) is 4.79 Å². The molecule has 23 heavy (non-hydrogen) atoms. The lowest BCUT2D eigenvalue weighted by Crippen LogP contribution is -2.21. The monoisotopic (exact) mass is 320 g/mol. The first kappa shape index (κ1) is 16.8. The van der Waals surface area contributed by atoms with Gasteiger partial charge in [-0.2, -0.15) is 0 Å². The summed E-state index contributed by atoms with van der Waals surface area (Å²) in [5, 5.41) is 10.9. The normalized spacial score (nSPS) is 10.4. The van der Waals surface area contributed by atoms with E-state index in [0.717, 1.165) is 5.56 Å². The molecule has 8 heteroatoms. The summed E-state index contributed by atoms with van der Waals surface area (Å²) in [6.07, 6.45) is 0.348. The average Bonchev–Trinajstić information content (AvgIpc) is 2.57. The Morgan fingerprint density at radius 1 is 1.13 bits per heavy atom. The number of nitrogens with zero attached hydrogens (tertiary/aromatic N) is 2. The SMILES string of the molecule is COCCNc1nnc(Cc2ccc(OC)c(OC)c2)c(=O)[nH]1. The van der Waals surface area contributed by atoms with Crippen LogP contribution in [0.2, 0.25) is 0 Å². The van der Waals surface area contributed by atoms with Crippen molar-refractivity contribution in [3.05, 3.63) is 39.8 Å². The predicted octanol–water partition coefficient (Wildman–Crippen LogP) is 0.831. The summed E-state index contributed by atoms with van der Waals surface area (Å²) in [5.41, 5.74) is 0.923. The third kappa shape index (κ3) is 4.43. The first-order valence-corrected chi connectivity index (χ1v) is 7.07. The van der Waals surface area contributed by atoms with Gasteiger partial charge < -0.3 is 19.5 Å². The molecule has 0 radical (unpaired) electrons. The number of H-pyrrole nitrogens is 1. The minimum absolute atomic E-state index is 0.283. The maximum Gasteiger partial charge on any atom is 0.274 e. The van der Waals surface area contributed by atoms with Crippen molar-refractivity contribution in [1.82, 2.24) is 15.2 Å². The van der Waals surface area contributed by atoms with Gasteiger partial charge in [0.1, 0.15) is 5.69 Å². The number of anilines is 1. The number of ether oxygens (including phenoxy) is 3. The summed E-state index contributed by atoms with van der Waals surface area (Å²) >= 11 is 0. The molecule has 8 nitrogen and oxygen atoms in total. The van der Waals surface area contributed by atoms with Crippen LogP contribution >= 0.6 is 0 Å². The van der Waals surface area contributed by atoms with Crippen molar-refractivity contribution < 1.29 is 14.2 Å². The fourth-order valence-electron chi connectivity index (χ4n) is 2.01. The highest BCUT2D eigenvalue weighted by atomic mass is 16.5. The number of aromatic amines is 1. The molecule has 0 amide bonds. The van der Waals surface area contributed by atoms with E-state index in [1.165, 1.54) is 0 Å². The topological polar surface area (TPSA) is 98.4 Å². The molecular formula is C15H20N4O4. The third-order valence-electron chi connectivity index (χ3n) is 3.18. The van der Waals surface area contributed by atoms with Gasteiger partial charge in [-0.3, -0.25) is 9.78 Å². The van der Waals surface area contributed by atoms with Crippen molar-refractivity contribution in [3.8, 4) is 11.5 Å². The number of rotatable bonds is 8. The van der Waals surface area contributed by atoms with Crippen LogP contribution in [-0.2, 0) is 11.2 Å². The van der Waals surface area contributed by atoms with Crippen molar-refractivity contribution in [1.29, 1.82) is 0 Å².